The second kappa shape index (κ2) is 9.32. The molecule has 0 aromatic heterocycles. The van der Waals surface area contributed by atoms with Crippen molar-refractivity contribution in [3.8, 4) is 17.2 Å². The number of rotatable bonds is 8. The summed E-state index contributed by atoms with van der Waals surface area (Å²) in [5, 5.41) is -0.300. The van der Waals surface area contributed by atoms with Crippen LogP contribution in [0, 0.1) is 0 Å². The maximum atomic E-state index is 12.6. The highest BCUT2D eigenvalue weighted by Gasteiger charge is 2.34. The molecule has 0 aliphatic carbocycles. The molecule has 2 aromatic rings. The van der Waals surface area contributed by atoms with Crippen molar-refractivity contribution < 1.29 is 23.8 Å². The molecule has 1 aliphatic rings. The molecule has 0 radical (unpaired) electrons. The molecular formula is C21H21NO5S. The monoisotopic (exact) mass is 399 g/mol. The second-order valence-corrected chi connectivity index (χ2v) is 6.83. The largest absolute Gasteiger partial charge is 0.494 e. The molecule has 2 amide bonds. The van der Waals surface area contributed by atoms with E-state index >= 15 is 0 Å². The number of thioether (sulfide) groups is 1. The molecular weight excluding hydrogens is 378 g/mol. The fraction of sp³-hybridized carbons (Fsp3) is 0.238. The van der Waals surface area contributed by atoms with Crippen LogP contribution in [-0.2, 0) is 4.79 Å². The normalized spacial score (nSPS) is 15.2. The van der Waals surface area contributed by atoms with E-state index < -0.39 is 0 Å². The number of amides is 2. The first-order valence-corrected chi connectivity index (χ1v) is 9.68. The molecule has 146 valence electrons. The van der Waals surface area contributed by atoms with E-state index in [1.165, 1.54) is 4.90 Å². The van der Waals surface area contributed by atoms with E-state index in [0.717, 1.165) is 23.1 Å². The minimum Gasteiger partial charge on any atom is -0.494 e. The predicted molar refractivity (Wildman–Crippen MR) is 109 cm³/mol. The van der Waals surface area contributed by atoms with Gasteiger partial charge < -0.3 is 14.2 Å². The predicted octanol–water partition coefficient (Wildman–Crippen LogP) is 4.21. The van der Waals surface area contributed by atoms with Gasteiger partial charge in [0.2, 0.25) is 0 Å². The Bertz CT molecular complexity index is 879. The molecule has 6 nitrogen and oxygen atoms in total. The molecule has 0 N–H and O–H groups in total. The summed E-state index contributed by atoms with van der Waals surface area (Å²) in [6.07, 6.45) is 1.71. The van der Waals surface area contributed by atoms with Crippen LogP contribution in [0.25, 0.3) is 6.08 Å². The second-order valence-electron chi connectivity index (χ2n) is 5.83. The van der Waals surface area contributed by atoms with E-state index in [4.69, 9.17) is 14.2 Å². The van der Waals surface area contributed by atoms with Gasteiger partial charge in [-0.3, -0.25) is 14.5 Å². The van der Waals surface area contributed by atoms with Gasteiger partial charge in [0.25, 0.3) is 11.1 Å². The Kier molecular flexibility index (Phi) is 6.60. The summed E-state index contributed by atoms with van der Waals surface area (Å²) in [5.74, 6) is 1.63. The Morgan fingerprint density at radius 3 is 2.39 bits per heavy atom. The zero-order valence-corrected chi connectivity index (χ0v) is 16.5. The molecule has 3 rings (SSSR count). The lowest BCUT2D eigenvalue weighted by molar-refractivity contribution is -0.123. The molecule has 0 saturated carbocycles. The summed E-state index contributed by atoms with van der Waals surface area (Å²) >= 11 is 0.932. The Morgan fingerprint density at radius 2 is 1.71 bits per heavy atom. The summed E-state index contributed by atoms with van der Waals surface area (Å²) in [4.78, 5) is 26.4. The average molecular weight is 399 g/mol. The average Bonchev–Trinajstić information content (AvgIpc) is 2.97. The van der Waals surface area contributed by atoms with Gasteiger partial charge in [-0.05, 0) is 54.6 Å². The van der Waals surface area contributed by atoms with Crippen molar-refractivity contribution in [3.63, 3.8) is 0 Å². The van der Waals surface area contributed by atoms with Crippen molar-refractivity contribution in [1.29, 1.82) is 0 Å². The van der Waals surface area contributed by atoms with Crippen LogP contribution in [0.5, 0.6) is 17.2 Å². The van der Waals surface area contributed by atoms with Gasteiger partial charge in [0.1, 0.15) is 12.4 Å². The van der Waals surface area contributed by atoms with Crippen LogP contribution in [0.3, 0.4) is 0 Å². The van der Waals surface area contributed by atoms with Crippen molar-refractivity contribution in [2.75, 3.05) is 26.9 Å². The maximum Gasteiger partial charge on any atom is 0.293 e. The van der Waals surface area contributed by atoms with Gasteiger partial charge in [0.05, 0.1) is 25.2 Å². The van der Waals surface area contributed by atoms with Crippen LogP contribution in [-0.4, -0.2) is 42.9 Å². The summed E-state index contributed by atoms with van der Waals surface area (Å²) < 4.78 is 16.3. The van der Waals surface area contributed by atoms with Crippen molar-refractivity contribution >= 4 is 29.0 Å². The lowest BCUT2D eigenvalue weighted by Crippen LogP contribution is -2.32. The molecule has 2 aromatic carbocycles. The van der Waals surface area contributed by atoms with E-state index in [1.807, 2.05) is 43.3 Å². The zero-order chi connectivity index (χ0) is 19.9. The first-order chi connectivity index (χ1) is 13.6. The number of hydrogen-bond acceptors (Lipinski definition) is 6. The number of imide groups is 1. The number of benzene rings is 2. The van der Waals surface area contributed by atoms with Crippen molar-refractivity contribution in [3.05, 3.63) is 59.0 Å². The standard InChI is InChI=1S/C21H21NO5S/c1-3-26-16-10-8-15(9-11-16)14-19-20(23)22(21(24)28-19)12-13-27-18-7-5-4-6-17(18)25-2/h4-11,14H,3,12-13H2,1-2H3/b19-14-. The maximum absolute atomic E-state index is 12.6. The fourth-order valence-electron chi connectivity index (χ4n) is 2.66. The quantitative estimate of drug-likeness (QED) is 0.620. The number of ether oxygens (including phenoxy) is 3. The zero-order valence-electron chi connectivity index (χ0n) is 15.7. The van der Waals surface area contributed by atoms with E-state index in [2.05, 4.69) is 0 Å². The third kappa shape index (κ3) is 4.67. The van der Waals surface area contributed by atoms with Crippen molar-refractivity contribution in [1.82, 2.24) is 4.90 Å². The van der Waals surface area contributed by atoms with Gasteiger partial charge >= 0.3 is 0 Å². The van der Waals surface area contributed by atoms with Gasteiger partial charge in [0, 0.05) is 0 Å². The summed E-state index contributed by atoms with van der Waals surface area (Å²) in [7, 11) is 1.56. The van der Waals surface area contributed by atoms with Gasteiger partial charge in [0.15, 0.2) is 11.5 Å². The third-order valence-corrected chi connectivity index (χ3v) is 4.91. The van der Waals surface area contributed by atoms with Crippen molar-refractivity contribution in [2.45, 2.75) is 6.92 Å². The lowest BCUT2D eigenvalue weighted by Gasteiger charge is -2.14. The van der Waals surface area contributed by atoms with Crippen LogP contribution in [0.1, 0.15) is 12.5 Å². The van der Waals surface area contributed by atoms with Gasteiger partial charge in [-0.1, -0.05) is 24.3 Å². The van der Waals surface area contributed by atoms with Crippen LogP contribution in [0.2, 0.25) is 0 Å². The summed E-state index contributed by atoms with van der Waals surface area (Å²) in [6.45, 7) is 2.87. The number of methoxy groups -OCH3 is 1. The molecule has 7 heteroatoms. The van der Waals surface area contributed by atoms with Gasteiger partial charge in [-0.15, -0.1) is 0 Å². The highest BCUT2D eigenvalue weighted by molar-refractivity contribution is 8.18. The third-order valence-electron chi connectivity index (χ3n) is 4.00. The molecule has 1 saturated heterocycles. The molecule has 0 bridgehead atoms. The van der Waals surface area contributed by atoms with Gasteiger partial charge in [-0.25, -0.2) is 0 Å². The molecule has 0 spiro atoms. The number of hydrogen-bond donors (Lipinski definition) is 0. The number of carbonyl (C=O) groups excluding carboxylic acids is 2. The Balaban J connectivity index is 1.61. The molecule has 1 aliphatic heterocycles. The molecule has 1 heterocycles. The highest BCUT2D eigenvalue weighted by Crippen LogP contribution is 2.32. The van der Waals surface area contributed by atoms with Gasteiger partial charge in [-0.2, -0.15) is 0 Å². The number of nitrogens with zero attached hydrogens (tertiary/aromatic N) is 1. The van der Waals surface area contributed by atoms with E-state index in [1.54, 1.807) is 25.3 Å². The summed E-state index contributed by atoms with van der Waals surface area (Å²) in [5.41, 5.74) is 0.833. The molecule has 0 atom stereocenters. The number of carbonyl (C=O) groups is 2. The minimum atomic E-state index is -0.312. The van der Waals surface area contributed by atoms with E-state index in [9.17, 15) is 9.59 Å². The molecule has 28 heavy (non-hydrogen) atoms. The smallest absolute Gasteiger partial charge is 0.293 e. The van der Waals surface area contributed by atoms with E-state index in [-0.39, 0.29) is 24.3 Å². The van der Waals surface area contributed by atoms with E-state index in [0.29, 0.717) is 23.0 Å². The fourth-order valence-corrected chi connectivity index (χ4v) is 3.52. The Labute approximate surface area is 168 Å². The first-order valence-electron chi connectivity index (χ1n) is 8.86. The van der Waals surface area contributed by atoms with Crippen molar-refractivity contribution in [2.24, 2.45) is 0 Å². The van der Waals surface area contributed by atoms with Crippen LogP contribution < -0.4 is 14.2 Å². The van der Waals surface area contributed by atoms with Crippen LogP contribution in [0.15, 0.2) is 53.4 Å². The highest BCUT2D eigenvalue weighted by atomic mass is 32.2. The minimum absolute atomic E-state index is 0.170. The first kappa shape index (κ1) is 19.8. The SMILES string of the molecule is CCOc1ccc(/C=C2\SC(=O)N(CCOc3ccccc3OC)C2=O)cc1. The number of para-hydroxylation sites is 2. The Hall–Kier alpha value is -2.93. The van der Waals surface area contributed by atoms with Crippen LogP contribution in [0.4, 0.5) is 4.79 Å². The topological polar surface area (TPSA) is 65.1 Å². The molecule has 1 fully saturated rings. The molecule has 0 unspecified atom stereocenters. The lowest BCUT2D eigenvalue weighted by atomic mass is 10.2. The Morgan fingerprint density at radius 1 is 1.00 bits per heavy atom. The summed E-state index contributed by atoms with van der Waals surface area (Å²) in [6, 6.07) is 14.6. The van der Waals surface area contributed by atoms with Crippen LogP contribution >= 0.6 is 11.8 Å².